The highest BCUT2D eigenvalue weighted by Gasteiger charge is 2.19. The Balaban J connectivity index is 2.84. The summed E-state index contributed by atoms with van der Waals surface area (Å²) in [6.07, 6.45) is 7.19. The van der Waals surface area contributed by atoms with Crippen molar-refractivity contribution in [2.24, 2.45) is 0 Å². The van der Waals surface area contributed by atoms with E-state index in [-0.39, 0.29) is 23.9 Å². The van der Waals surface area contributed by atoms with Crippen LogP contribution in [0.2, 0.25) is 0 Å². The molecular formula is C9H11N5O3. The molecular weight excluding hydrogens is 226 g/mol. The molecule has 0 spiro atoms. The zero-order valence-electron chi connectivity index (χ0n) is 8.78. The van der Waals surface area contributed by atoms with Crippen molar-refractivity contribution in [2.45, 2.75) is 0 Å². The summed E-state index contributed by atoms with van der Waals surface area (Å²) in [5.41, 5.74) is 5.00. The quantitative estimate of drug-likeness (QED) is 0.385. The fourth-order valence-electron chi connectivity index (χ4n) is 1.00. The predicted octanol–water partition coefficient (Wildman–Crippen LogP) is 0.441. The molecule has 90 valence electrons. The minimum absolute atomic E-state index is 0.0103. The van der Waals surface area contributed by atoms with Crippen molar-refractivity contribution in [1.29, 1.82) is 0 Å². The molecule has 0 aliphatic heterocycles. The maximum atomic E-state index is 10.7. The van der Waals surface area contributed by atoms with Crippen LogP contribution >= 0.6 is 0 Å². The maximum Gasteiger partial charge on any atom is 0.353 e. The summed E-state index contributed by atoms with van der Waals surface area (Å²) < 4.78 is 0. The van der Waals surface area contributed by atoms with Gasteiger partial charge in [-0.1, -0.05) is 12.2 Å². The van der Waals surface area contributed by atoms with Crippen LogP contribution in [0.25, 0.3) is 0 Å². The molecule has 8 nitrogen and oxygen atoms in total. The number of nitrogens with one attached hydrogen (secondary N) is 1. The zero-order valence-corrected chi connectivity index (χ0v) is 8.78. The number of hydrogen-bond donors (Lipinski definition) is 3. The van der Waals surface area contributed by atoms with E-state index in [0.29, 0.717) is 0 Å². The summed E-state index contributed by atoms with van der Waals surface area (Å²) in [5, 5.41) is 21.8. The Morgan fingerprint density at radius 3 is 2.94 bits per heavy atom. The van der Waals surface area contributed by atoms with Crippen molar-refractivity contribution in [1.82, 2.24) is 9.97 Å². The Bertz CT molecular complexity index is 458. The number of nitrogens with zero attached hydrogens (tertiary/aromatic N) is 3. The van der Waals surface area contributed by atoms with Crippen LogP contribution in [0.15, 0.2) is 30.8 Å². The molecule has 1 heterocycles. The molecule has 0 atom stereocenters. The fourth-order valence-corrected chi connectivity index (χ4v) is 1.00. The molecule has 0 radical (unpaired) electrons. The highest BCUT2D eigenvalue weighted by atomic mass is 16.6. The lowest BCUT2D eigenvalue weighted by molar-refractivity contribution is -0.383. The van der Waals surface area contributed by atoms with Crippen LogP contribution in [-0.2, 0) is 0 Å². The van der Waals surface area contributed by atoms with E-state index in [2.05, 4.69) is 15.3 Å². The van der Waals surface area contributed by atoms with Crippen molar-refractivity contribution in [3.8, 4) is 0 Å². The van der Waals surface area contributed by atoms with Crippen molar-refractivity contribution >= 4 is 17.3 Å². The van der Waals surface area contributed by atoms with Crippen molar-refractivity contribution in [3.05, 3.63) is 40.9 Å². The largest absolute Gasteiger partial charge is 0.392 e. The number of nitro groups is 1. The van der Waals surface area contributed by atoms with E-state index in [1.807, 2.05) is 0 Å². The molecule has 0 bridgehead atoms. The second-order valence-electron chi connectivity index (χ2n) is 2.83. The number of allylic oxidation sites excluding steroid dienone is 2. The summed E-state index contributed by atoms with van der Waals surface area (Å²) in [7, 11) is 0. The van der Waals surface area contributed by atoms with Crippen LogP contribution in [0.3, 0.4) is 0 Å². The van der Waals surface area contributed by atoms with Gasteiger partial charge in [-0.3, -0.25) is 10.1 Å². The Morgan fingerprint density at radius 2 is 2.29 bits per heavy atom. The monoisotopic (exact) mass is 237 g/mol. The summed E-state index contributed by atoms with van der Waals surface area (Å²) in [6.45, 7) is -0.0784. The van der Waals surface area contributed by atoms with Gasteiger partial charge in [0.1, 0.15) is 6.33 Å². The van der Waals surface area contributed by atoms with Gasteiger partial charge in [0.2, 0.25) is 11.6 Å². The van der Waals surface area contributed by atoms with E-state index < -0.39 is 4.92 Å². The topological polar surface area (TPSA) is 127 Å². The molecule has 1 rings (SSSR count). The van der Waals surface area contributed by atoms with Crippen molar-refractivity contribution < 1.29 is 10.0 Å². The molecule has 0 saturated carbocycles. The van der Waals surface area contributed by atoms with Crippen LogP contribution in [0.5, 0.6) is 0 Å². The molecule has 17 heavy (non-hydrogen) atoms. The summed E-state index contributed by atoms with van der Waals surface area (Å²) >= 11 is 0. The van der Waals surface area contributed by atoms with E-state index >= 15 is 0 Å². The minimum Gasteiger partial charge on any atom is -0.392 e. The average molecular weight is 237 g/mol. The van der Waals surface area contributed by atoms with Gasteiger partial charge in [0.05, 0.1) is 11.5 Å². The lowest BCUT2D eigenvalue weighted by atomic mass is 10.4. The molecule has 0 aromatic carbocycles. The zero-order chi connectivity index (χ0) is 12.7. The predicted molar refractivity (Wildman–Crippen MR) is 62.1 cm³/mol. The second-order valence-corrected chi connectivity index (χ2v) is 2.83. The van der Waals surface area contributed by atoms with E-state index in [4.69, 9.17) is 10.8 Å². The SMILES string of the molecule is Nc1ncnc(N/C=C/C=C\CO)c1[N+](=O)[O-]. The second kappa shape index (κ2) is 6.18. The van der Waals surface area contributed by atoms with Crippen molar-refractivity contribution in [2.75, 3.05) is 17.7 Å². The molecule has 0 saturated heterocycles. The number of aliphatic hydroxyl groups is 1. The van der Waals surface area contributed by atoms with E-state index in [1.165, 1.54) is 12.3 Å². The first-order valence-corrected chi connectivity index (χ1v) is 4.60. The van der Waals surface area contributed by atoms with Crippen LogP contribution in [-0.4, -0.2) is 26.6 Å². The van der Waals surface area contributed by atoms with E-state index in [0.717, 1.165) is 6.33 Å². The summed E-state index contributed by atoms with van der Waals surface area (Å²) in [4.78, 5) is 17.3. The molecule has 4 N–H and O–H groups in total. The van der Waals surface area contributed by atoms with Gasteiger partial charge in [0.15, 0.2) is 0 Å². The van der Waals surface area contributed by atoms with Gasteiger partial charge in [-0.25, -0.2) is 9.97 Å². The minimum atomic E-state index is -0.658. The molecule has 1 aromatic rings. The normalized spacial score (nSPS) is 11.1. The standard InChI is InChI=1S/C9H11N5O3/c10-8-7(14(16)17)9(13-6-12-8)11-4-2-1-3-5-15/h1-4,6,15H,5H2,(H3,10,11,12,13)/b3-1-,4-2+. The van der Waals surface area contributed by atoms with Gasteiger partial charge in [0, 0.05) is 6.20 Å². The highest BCUT2D eigenvalue weighted by Crippen LogP contribution is 2.25. The van der Waals surface area contributed by atoms with E-state index in [1.54, 1.807) is 12.2 Å². The average Bonchev–Trinajstić information content (AvgIpc) is 2.28. The fraction of sp³-hybridized carbons (Fsp3) is 0.111. The van der Waals surface area contributed by atoms with Gasteiger partial charge in [-0.2, -0.15) is 0 Å². The summed E-state index contributed by atoms with van der Waals surface area (Å²) in [5.74, 6) is -0.192. The van der Waals surface area contributed by atoms with Gasteiger partial charge in [-0.15, -0.1) is 0 Å². The molecule has 0 unspecified atom stereocenters. The van der Waals surface area contributed by atoms with Crippen LogP contribution < -0.4 is 11.1 Å². The van der Waals surface area contributed by atoms with Crippen molar-refractivity contribution in [3.63, 3.8) is 0 Å². The van der Waals surface area contributed by atoms with Crippen LogP contribution in [0, 0.1) is 10.1 Å². The number of aliphatic hydroxyl groups excluding tert-OH is 1. The highest BCUT2D eigenvalue weighted by molar-refractivity contribution is 5.67. The van der Waals surface area contributed by atoms with Gasteiger partial charge in [0.25, 0.3) is 0 Å². The molecule has 0 fully saturated rings. The van der Waals surface area contributed by atoms with Crippen LogP contribution in [0.1, 0.15) is 0 Å². The molecule has 0 aliphatic carbocycles. The Labute approximate surface area is 96.7 Å². The molecule has 0 amide bonds. The number of aromatic nitrogens is 2. The lowest BCUT2D eigenvalue weighted by Crippen LogP contribution is -2.04. The van der Waals surface area contributed by atoms with Gasteiger partial charge < -0.3 is 16.2 Å². The third kappa shape index (κ3) is 3.54. The first kappa shape index (κ1) is 12.6. The van der Waals surface area contributed by atoms with Gasteiger partial charge in [-0.05, 0) is 6.08 Å². The van der Waals surface area contributed by atoms with E-state index in [9.17, 15) is 10.1 Å². The smallest absolute Gasteiger partial charge is 0.353 e. The number of rotatable bonds is 5. The number of hydrogen-bond acceptors (Lipinski definition) is 7. The van der Waals surface area contributed by atoms with Crippen LogP contribution in [0.4, 0.5) is 17.3 Å². The first-order chi connectivity index (χ1) is 8.16. The third-order valence-electron chi connectivity index (χ3n) is 1.70. The Morgan fingerprint density at radius 1 is 1.53 bits per heavy atom. The molecule has 8 heteroatoms. The Hall–Kier alpha value is -2.48. The number of nitrogen functional groups attached to an aromatic ring is 1. The maximum absolute atomic E-state index is 10.7. The van der Waals surface area contributed by atoms with Gasteiger partial charge >= 0.3 is 5.69 Å². The number of anilines is 2. The third-order valence-corrected chi connectivity index (χ3v) is 1.70. The summed E-state index contributed by atoms with van der Waals surface area (Å²) in [6, 6.07) is 0. The first-order valence-electron chi connectivity index (χ1n) is 4.60. The molecule has 1 aromatic heterocycles. The number of nitrogens with two attached hydrogens (primary N) is 1. The Kier molecular flexibility index (Phi) is 4.58. The molecule has 0 aliphatic rings. The lowest BCUT2D eigenvalue weighted by Gasteiger charge is -2.01.